The fourth-order valence-corrected chi connectivity index (χ4v) is 1.42. The zero-order valence-corrected chi connectivity index (χ0v) is 7.40. The highest BCUT2D eigenvalue weighted by atomic mass is 16.4. The van der Waals surface area contributed by atoms with Crippen LogP contribution in [0.15, 0.2) is 0 Å². The second kappa shape index (κ2) is 4.23. The second-order valence-electron chi connectivity index (χ2n) is 3.20. The summed E-state index contributed by atoms with van der Waals surface area (Å²) in [7, 11) is 0. The lowest BCUT2D eigenvalue weighted by Gasteiger charge is -2.27. The van der Waals surface area contributed by atoms with Crippen LogP contribution >= 0.6 is 0 Å². The van der Waals surface area contributed by atoms with E-state index in [1.165, 1.54) is 4.90 Å². The average molecular weight is 186 g/mol. The molecule has 0 spiro atoms. The largest absolute Gasteiger partial charge is 0.480 e. The molecule has 74 valence electrons. The molecule has 1 fully saturated rings. The van der Waals surface area contributed by atoms with Gasteiger partial charge in [-0.05, 0) is 19.3 Å². The monoisotopic (exact) mass is 186 g/mol. The Bertz CT molecular complexity index is 211. The van der Waals surface area contributed by atoms with Gasteiger partial charge in [0.05, 0.1) is 0 Å². The van der Waals surface area contributed by atoms with Crippen molar-refractivity contribution in [2.24, 2.45) is 5.73 Å². The molecule has 0 aliphatic carbocycles. The molecule has 1 saturated heterocycles. The minimum atomic E-state index is -1.39. The van der Waals surface area contributed by atoms with Gasteiger partial charge in [0.25, 0.3) is 5.91 Å². The Kier molecular flexibility index (Phi) is 3.25. The normalized spacial score (nSPS) is 19.6. The minimum Gasteiger partial charge on any atom is -0.480 e. The maximum absolute atomic E-state index is 11.4. The van der Waals surface area contributed by atoms with E-state index in [0.29, 0.717) is 13.1 Å². The number of amides is 1. The van der Waals surface area contributed by atoms with Gasteiger partial charge in [-0.25, -0.2) is 4.79 Å². The van der Waals surface area contributed by atoms with Crippen LogP contribution in [0, 0.1) is 0 Å². The zero-order chi connectivity index (χ0) is 9.84. The highest BCUT2D eigenvalue weighted by Crippen LogP contribution is 2.09. The molecule has 1 unspecified atom stereocenters. The van der Waals surface area contributed by atoms with Gasteiger partial charge in [0.1, 0.15) is 0 Å². The fraction of sp³-hybridized carbons (Fsp3) is 0.750. The van der Waals surface area contributed by atoms with Gasteiger partial charge in [0.15, 0.2) is 6.04 Å². The number of aliphatic carboxylic acids is 1. The molecular weight excluding hydrogens is 172 g/mol. The summed E-state index contributed by atoms with van der Waals surface area (Å²) in [5.74, 6) is -1.72. The lowest BCUT2D eigenvalue weighted by Crippen LogP contribution is -2.49. The van der Waals surface area contributed by atoms with Crippen molar-refractivity contribution in [3.05, 3.63) is 0 Å². The third-order valence-electron chi connectivity index (χ3n) is 2.20. The van der Waals surface area contributed by atoms with E-state index in [9.17, 15) is 9.59 Å². The smallest absolute Gasteiger partial charge is 0.330 e. The summed E-state index contributed by atoms with van der Waals surface area (Å²) in [6, 6.07) is -1.39. The molecule has 0 saturated carbocycles. The maximum atomic E-state index is 11.4. The lowest BCUT2D eigenvalue weighted by molar-refractivity contribution is -0.146. The molecule has 0 aromatic heterocycles. The van der Waals surface area contributed by atoms with Gasteiger partial charge < -0.3 is 15.7 Å². The summed E-state index contributed by atoms with van der Waals surface area (Å²) in [6.45, 7) is 1.28. The SMILES string of the molecule is NC(C(=O)O)C(=O)N1CCCCC1. The first-order chi connectivity index (χ1) is 6.13. The van der Waals surface area contributed by atoms with Crippen molar-refractivity contribution in [2.75, 3.05) is 13.1 Å². The number of carboxylic acids is 1. The van der Waals surface area contributed by atoms with Crippen LogP contribution in [0.1, 0.15) is 19.3 Å². The highest BCUT2D eigenvalue weighted by molar-refractivity contribution is 6.00. The van der Waals surface area contributed by atoms with Crippen LogP contribution in [0.25, 0.3) is 0 Å². The number of piperidine rings is 1. The number of hydrogen-bond donors (Lipinski definition) is 2. The van der Waals surface area contributed by atoms with Gasteiger partial charge in [-0.2, -0.15) is 0 Å². The van der Waals surface area contributed by atoms with Crippen molar-refractivity contribution >= 4 is 11.9 Å². The average Bonchev–Trinajstić information content (AvgIpc) is 2.17. The molecule has 5 nitrogen and oxygen atoms in total. The van der Waals surface area contributed by atoms with Gasteiger partial charge in [-0.3, -0.25) is 4.79 Å². The molecule has 0 aromatic carbocycles. The Morgan fingerprint density at radius 2 is 1.77 bits per heavy atom. The van der Waals surface area contributed by atoms with E-state index in [4.69, 9.17) is 10.8 Å². The molecule has 0 aromatic rings. The lowest BCUT2D eigenvalue weighted by atomic mass is 10.1. The van der Waals surface area contributed by atoms with Crippen LogP contribution in [0.2, 0.25) is 0 Å². The van der Waals surface area contributed by atoms with Crippen LogP contribution in [0.4, 0.5) is 0 Å². The molecule has 3 N–H and O–H groups in total. The fourth-order valence-electron chi connectivity index (χ4n) is 1.42. The van der Waals surface area contributed by atoms with Gasteiger partial charge >= 0.3 is 5.97 Å². The van der Waals surface area contributed by atoms with E-state index in [2.05, 4.69) is 0 Å². The zero-order valence-electron chi connectivity index (χ0n) is 7.40. The number of carboxylic acid groups (broad SMARTS) is 1. The van der Waals surface area contributed by atoms with Crippen LogP contribution in [0.5, 0.6) is 0 Å². The van der Waals surface area contributed by atoms with E-state index in [0.717, 1.165) is 19.3 Å². The number of nitrogens with two attached hydrogens (primary N) is 1. The number of likely N-dealkylation sites (tertiary alicyclic amines) is 1. The molecule has 1 atom stereocenters. The van der Waals surface area contributed by atoms with E-state index < -0.39 is 17.9 Å². The maximum Gasteiger partial charge on any atom is 0.330 e. The number of carbonyl (C=O) groups excluding carboxylic acids is 1. The van der Waals surface area contributed by atoms with E-state index in [1.807, 2.05) is 0 Å². The second-order valence-corrected chi connectivity index (χ2v) is 3.20. The van der Waals surface area contributed by atoms with Crippen molar-refractivity contribution in [3.63, 3.8) is 0 Å². The molecule has 0 bridgehead atoms. The van der Waals surface area contributed by atoms with Crippen molar-refractivity contribution in [3.8, 4) is 0 Å². The number of rotatable bonds is 2. The predicted octanol–water partition coefficient (Wildman–Crippen LogP) is -0.589. The summed E-state index contributed by atoms with van der Waals surface area (Å²) >= 11 is 0. The molecule has 13 heavy (non-hydrogen) atoms. The summed E-state index contributed by atoms with van der Waals surface area (Å²) in [4.78, 5) is 23.3. The molecule has 1 amide bonds. The van der Waals surface area contributed by atoms with Gasteiger partial charge in [-0.15, -0.1) is 0 Å². The number of nitrogens with zero attached hydrogens (tertiary/aromatic N) is 1. The third kappa shape index (κ3) is 2.42. The van der Waals surface area contributed by atoms with E-state index in [1.54, 1.807) is 0 Å². The number of hydrogen-bond acceptors (Lipinski definition) is 3. The first kappa shape index (κ1) is 9.98. The molecule has 1 aliphatic heterocycles. The van der Waals surface area contributed by atoms with Crippen LogP contribution in [-0.4, -0.2) is 41.0 Å². The Balaban J connectivity index is 2.50. The van der Waals surface area contributed by atoms with Crippen molar-refractivity contribution in [2.45, 2.75) is 25.3 Å². The molecule has 1 aliphatic rings. The van der Waals surface area contributed by atoms with Gasteiger partial charge in [0, 0.05) is 13.1 Å². The summed E-state index contributed by atoms with van der Waals surface area (Å²) in [6.07, 6.45) is 2.99. The van der Waals surface area contributed by atoms with Crippen molar-refractivity contribution in [1.29, 1.82) is 0 Å². The van der Waals surface area contributed by atoms with Crippen LogP contribution < -0.4 is 5.73 Å². The van der Waals surface area contributed by atoms with Crippen molar-refractivity contribution < 1.29 is 14.7 Å². The Morgan fingerprint density at radius 1 is 1.23 bits per heavy atom. The van der Waals surface area contributed by atoms with Gasteiger partial charge in [0.2, 0.25) is 0 Å². The third-order valence-corrected chi connectivity index (χ3v) is 2.20. The first-order valence-corrected chi connectivity index (χ1v) is 4.40. The molecule has 1 heterocycles. The molecule has 5 heteroatoms. The van der Waals surface area contributed by atoms with E-state index >= 15 is 0 Å². The Morgan fingerprint density at radius 3 is 2.23 bits per heavy atom. The topological polar surface area (TPSA) is 83.6 Å². The van der Waals surface area contributed by atoms with Crippen LogP contribution in [-0.2, 0) is 9.59 Å². The molecule has 1 rings (SSSR count). The Hall–Kier alpha value is -1.10. The summed E-state index contributed by atoms with van der Waals surface area (Å²) in [5, 5.41) is 8.51. The summed E-state index contributed by atoms with van der Waals surface area (Å²) in [5.41, 5.74) is 5.20. The quantitative estimate of drug-likeness (QED) is 0.565. The van der Waals surface area contributed by atoms with Crippen LogP contribution in [0.3, 0.4) is 0 Å². The molecular formula is C8H14N2O3. The van der Waals surface area contributed by atoms with Crippen molar-refractivity contribution in [1.82, 2.24) is 4.90 Å². The first-order valence-electron chi connectivity index (χ1n) is 4.40. The number of carbonyl (C=O) groups is 2. The standard InChI is InChI=1S/C8H14N2O3/c9-6(8(12)13)7(11)10-4-2-1-3-5-10/h6H,1-5,9H2,(H,12,13). The van der Waals surface area contributed by atoms with Gasteiger partial charge in [-0.1, -0.05) is 0 Å². The Labute approximate surface area is 76.5 Å². The minimum absolute atomic E-state index is 0.466. The molecule has 0 radical (unpaired) electrons. The highest BCUT2D eigenvalue weighted by Gasteiger charge is 2.27. The predicted molar refractivity (Wildman–Crippen MR) is 46.0 cm³/mol. The summed E-state index contributed by atoms with van der Waals surface area (Å²) < 4.78 is 0. The van der Waals surface area contributed by atoms with E-state index in [-0.39, 0.29) is 0 Å².